The summed E-state index contributed by atoms with van der Waals surface area (Å²) >= 11 is 0. The van der Waals surface area contributed by atoms with Crippen LogP contribution in [0.15, 0.2) is 48.5 Å². The number of amides is 3. The van der Waals surface area contributed by atoms with Crippen LogP contribution >= 0.6 is 0 Å². The monoisotopic (exact) mass is 327 g/mol. The molecule has 1 heterocycles. The van der Waals surface area contributed by atoms with Crippen molar-refractivity contribution in [3.8, 4) is 0 Å². The molecule has 0 aromatic heterocycles. The minimum Gasteiger partial charge on any atom is -0.352 e. The van der Waals surface area contributed by atoms with Gasteiger partial charge in [0.2, 0.25) is 5.91 Å². The molecule has 3 N–H and O–H groups in total. The second-order valence-corrected chi connectivity index (χ2v) is 5.71. The molecule has 5 nitrogen and oxygen atoms in total. The van der Waals surface area contributed by atoms with Crippen molar-refractivity contribution in [2.75, 3.05) is 11.4 Å². The topological polar surface area (TPSA) is 75.4 Å². The molecule has 0 fully saturated rings. The van der Waals surface area contributed by atoms with Gasteiger partial charge < -0.3 is 16.0 Å². The zero-order valence-corrected chi connectivity index (χ0v) is 13.0. The SMILES string of the molecule is NC(=O)N[C@H](CC(=O)N1CCc2ccccc21)c1ccccc1F. The summed E-state index contributed by atoms with van der Waals surface area (Å²) in [5.74, 6) is -0.659. The summed E-state index contributed by atoms with van der Waals surface area (Å²) in [6.07, 6.45) is 0.730. The van der Waals surface area contributed by atoms with Crippen LogP contribution in [0.1, 0.15) is 23.6 Å². The van der Waals surface area contributed by atoms with E-state index in [4.69, 9.17) is 5.73 Å². The Bertz CT molecular complexity index is 778. The van der Waals surface area contributed by atoms with Crippen LogP contribution in [0.25, 0.3) is 0 Å². The molecular weight excluding hydrogens is 309 g/mol. The second kappa shape index (κ2) is 6.70. The number of urea groups is 1. The maximum absolute atomic E-state index is 14.0. The first-order chi connectivity index (χ1) is 11.6. The average molecular weight is 327 g/mol. The van der Waals surface area contributed by atoms with Gasteiger partial charge in [-0.3, -0.25) is 4.79 Å². The lowest BCUT2D eigenvalue weighted by Gasteiger charge is -2.23. The number of nitrogens with two attached hydrogens (primary N) is 1. The molecule has 0 radical (unpaired) electrons. The molecule has 0 bridgehead atoms. The van der Waals surface area contributed by atoms with Crippen LogP contribution in [0.2, 0.25) is 0 Å². The number of carbonyl (C=O) groups excluding carboxylic acids is 2. The quantitative estimate of drug-likeness (QED) is 0.905. The summed E-state index contributed by atoms with van der Waals surface area (Å²) in [4.78, 5) is 25.6. The highest BCUT2D eigenvalue weighted by Gasteiger charge is 2.28. The number of nitrogens with one attached hydrogen (secondary N) is 1. The standard InChI is InChI=1S/C18H18FN3O2/c19-14-7-3-2-6-13(14)15(21-18(20)24)11-17(23)22-10-9-12-5-1-4-8-16(12)22/h1-8,15H,9-11H2,(H3,20,21,24)/t15-/m1/s1. The Kier molecular flexibility index (Phi) is 4.46. The molecule has 6 heteroatoms. The van der Waals surface area contributed by atoms with E-state index in [2.05, 4.69) is 5.32 Å². The zero-order valence-electron chi connectivity index (χ0n) is 13.0. The third kappa shape index (κ3) is 3.22. The van der Waals surface area contributed by atoms with Crippen LogP contribution in [0.5, 0.6) is 0 Å². The number of halogens is 1. The molecule has 24 heavy (non-hydrogen) atoms. The Morgan fingerprint density at radius 2 is 1.88 bits per heavy atom. The van der Waals surface area contributed by atoms with E-state index in [0.29, 0.717) is 6.54 Å². The Morgan fingerprint density at radius 1 is 1.17 bits per heavy atom. The largest absolute Gasteiger partial charge is 0.352 e. The number of rotatable bonds is 4. The highest BCUT2D eigenvalue weighted by molar-refractivity contribution is 5.96. The molecular formula is C18H18FN3O2. The highest BCUT2D eigenvalue weighted by atomic mass is 19.1. The molecule has 124 valence electrons. The number of hydrogen-bond acceptors (Lipinski definition) is 2. The number of para-hydroxylation sites is 1. The van der Waals surface area contributed by atoms with Gasteiger partial charge in [0.05, 0.1) is 12.5 Å². The minimum absolute atomic E-state index is 0.0573. The fourth-order valence-corrected chi connectivity index (χ4v) is 3.05. The number of fused-ring (bicyclic) bond motifs is 1. The fraction of sp³-hybridized carbons (Fsp3) is 0.222. The lowest BCUT2D eigenvalue weighted by Crippen LogP contribution is -2.38. The normalized spacial score (nSPS) is 14.1. The lowest BCUT2D eigenvalue weighted by atomic mass is 10.0. The Morgan fingerprint density at radius 3 is 2.62 bits per heavy atom. The van der Waals surface area contributed by atoms with E-state index in [1.807, 2.05) is 24.3 Å². The zero-order chi connectivity index (χ0) is 17.1. The third-order valence-corrected chi connectivity index (χ3v) is 4.16. The van der Waals surface area contributed by atoms with Crippen LogP contribution in [0.3, 0.4) is 0 Å². The molecule has 0 spiro atoms. The summed E-state index contributed by atoms with van der Waals surface area (Å²) in [5, 5.41) is 2.47. The van der Waals surface area contributed by atoms with Gasteiger partial charge in [-0.05, 0) is 24.1 Å². The number of primary amides is 1. The average Bonchev–Trinajstić information content (AvgIpc) is 2.98. The smallest absolute Gasteiger partial charge is 0.312 e. The van der Waals surface area contributed by atoms with Gasteiger partial charge in [-0.2, -0.15) is 0 Å². The molecule has 0 saturated heterocycles. The van der Waals surface area contributed by atoms with Crippen molar-refractivity contribution >= 4 is 17.6 Å². The van der Waals surface area contributed by atoms with Crippen molar-refractivity contribution in [3.63, 3.8) is 0 Å². The van der Waals surface area contributed by atoms with Crippen molar-refractivity contribution in [2.45, 2.75) is 18.9 Å². The van der Waals surface area contributed by atoms with E-state index in [1.165, 1.54) is 6.07 Å². The molecule has 1 atom stereocenters. The number of hydrogen-bond donors (Lipinski definition) is 2. The van der Waals surface area contributed by atoms with Gasteiger partial charge in [-0.25, -0.2) is 9.18 Å². The first kappa shape index (κ1) is 16.0. The highest BCUT2D eigenvalue weighted by Crippen LogP contribution is 2.30. The molecule has 3 rings (SSSR count). The summed E-state index contributed by atoms with van der Waals surface area (Å²) in [5.41, 5.74) is 7.41. The fourth-order valence-electron chi connectivity index (χ4n) is 3.05. The lowest BCUT2D eigenvalue weighted by molar-refractivity contribution is -0.119. The molecule has 2 aromatic carbocycles. The third-order valence-electron chi connectivity index (χ3n) is 4.16. The number of nitrogens with zero attached hydrogens (tertiary/aromatic N) is 1. The van der Waals surface area contributed by atoms with E-state index < -0.39 is 17.9 Å². The van der Waals surface area contributed by atoms with Crippen LogP contribution in [0, 0.1) is 5.82 Å². The van der Waals surface area contributed by atoms with Gasteiger partial charge in [-0.15, -0.1) is 0 Å². The summed E-state index contributed by atoms with van der Waals surface area (Å²) in [6.45, 7) is 0.582. The molecule has 3 amide bonds. The predicted molar refractivity (Wildman–Crippen MR) is 89.0 cm³/mol. The Hall–Kier alpha value is -2.89. The van der Waals surface area contributed by atoms with Crippen molar-refractivity contribution in [2.24, 2.45) is 5.73 Å². The molecule has 1 aliphatic rings. The summed E-state index contributed by atoms with van der Waals surface area (Å²) < 4.78 is 14.0. The Labute approximate surface area is 139 Å². The van der Waals surface area contributed by atoms with Gasteiger partial charge in [-0.1, -0.05) is 36.4 Å². The predicted octanol–water partition coefficient (Wildman–Crippen LogP) is 2.51. The molecule has 0 unspecified atom stereocenters. The van der Waals surface area contributed by atoms with E-state index in [1.54, 1.807) is 23.1 Å². The van der Waals surface area contributed by atoms with E-state index in [0.717, 1.165) is 17.7 Å². The van der Waals surface area contributed by atoms with Crippen molar-refractivity contribution in [3.05, 3.63) is 65.5 Å². The van der Waals surface area contributed by atoms with Crippen LogP contribution < -0.4 is 16.0 Å². The van der Waals surface area contributed by atoms with Crippen LogP contribution in [0.4, 0.5) is 14.9 Å². The van der Waals surface area contributed by atoms with Gasteiger partial charge >= 0.3 is 6.03 Å². The number of benzene rings is 2. The van der Waals surface area contributed by atoms with Gasteiger partial charge in [0.1, 0.15) is 5.82 Å². The molecule has 0 aliphatic carbocycles. The summed E-state index contributed by atoms with van der Waals surface area (Å²) in [6, 6.07) is 12.1. The van der Waals surface area contributed by atoms with Gasteiger partial charge in [0.15, 0.2) is 0 Å². The van der Waals surface area contributed by atoms with Gasteiger partial charge in [0, 0.05) is 17.8 Å². The minimum atomic E-state index is -0.802. The van der Waals surface area contributed by atoms with Crippen molar-refractivity contribution in [1.82, 2.24) is 5.32 Å². The van der Waals surface area contributed by atoms with Gasteiger partial charge in [0.25, 0.3) is 0 Å². The molecule has 2 aromatic rings. The van der Waals surface area contributed by atoms with E-state index >= 15 is 0 Å². The Balaban J connectivity index is 1.82. The first-order valence-electron chi connectivity index (χ1n) is 7.75. The number of carbonyl (C=O) groups is 2. The summed E-state index contributed by atoms with van der Waals surface area (Å²) in [7, 11) is 0. The molecule has 1 aliphatic heterocycles. The first-order valence-corrected chi connectivity index (χ1v) is 7.75. The number of anilines is 1. The van der Waals surface area contributed by atoms with E-state index in [-0.39, 0.29) is 17.9 Å². The maximum atomic E-state index is 14.0. The molecule has 0 saturated carbocycles. The van der Waals surface area contributed by atoms with Crippen molar-refractivity contribution < 1.29 is 14.0 Å². The van der Waals surface area contributed by atoms with Crippen LogP contribution in [-0.2, 0) is 11.2 Å². The second-order valence-electron chi connectivity index (χ2n) is 5.71. The maximum Gasteiger partial charge on any atom is 0.312 e. The van der Waals surface area contributed by atoms with Crippen LogP contribution in [-0.4, -0.2) is 18.5 Å². The van der Waals surface area contributed by atoms with E-state index in [9.17, 15) is 14.0 Å². The van der Waals surface area contributed by atoms with Crippen molar-refractivity contribution in [1.29, 1.82) is 0 Å².